The smallest absolute Gasteiger partial charge is 0.224 e. The van der Waals surface area contributed by atoms with Crippen LogP contribution in [-0.4, -0.2) is 38.8 Å². The Kier molecular flexibility index (Phi) is 6.42. The van der Waals surface area contributed by atoms with Crippen LogP contribution in [0.2, 0.25) is 0 Å². The van der Waals surface area contributed by atoms with E-state index in [1.807, 2.05) is 0 Å². The van der Waals surface area contributed by atoms with Gasteiger partial charge < -0.3 is 15.4 Å². The molecule has 1 amide bonds. The molecule has 16 heavy (non-hydrogen) atoms. The van der Waals surface area contributed by atoms with Crippen molar-refractivity contribution in [3.63, 3.8) is 0 Å². The summed E-state index contributed by atoms with van der Waals surface area (Å²) in [5.74, 6) is 0.792. The molecule has 1 aliphatic rings. The summed E-state index contributed by atoms with van der Waals surface area (Å²) in [6, 6.07) is 0. The van der Waals surface area contributed by atoms with Gasteiger partial charge in [-0.3, -0.25) is 4.79 Å². The molecule has 0 aromatic carbocycles. The summed E-state index contributed by atoms with van der Waals surface area (Å²) in [5.41, 5.74) is 0. The molecule has 0 unspecified atom stereocenters. The number of amides is 1. The molecule has 94 valence electrons. The number of carbonyl (C=O) groups excluding carboxylic acids is 1. The van der Waals surface area contributed by atoms with Gasteiger partial charge in [-0.15, -0.1) is 0 Å². The lowest BCUT2D eigenvalue weighted by Crippen LogP contribution is -2.35. The fourth-order valence-corrected chi connectivity index (χ4v) is 1.92. The standard InChI is InChI=1S/C12H24N2O2/c1-3-6-16-7-4-5-14-12(15)11-9-13-8-10(11)2/h10-11,13H,3-9H2,1-2H3,(H,14,15)/t10-,11-/m1/s1. The number of carbonyl (C=O) groups is 1. The molecular formula is C12H24N2O2. The molecule has 0 spiro atoms. The molecule has 1 saturated heterocycles. The van der Waals surface area contributed by atoms with Crippen LogP contribution in [0.3, 0.4) is 0 Å². The fraction of sp³-hybridized carbons (Fsp3) is 0.917. The van der Waals surface area contributed by atoms with Crippen molar-refractivity contribution in [1.82, 2.24) is 10.6 Å². The van der Waals surface area contributed by atoms with Gasteiger partial charge in [-0.2, -0.15) is 0 Å². The first-order chi connectivity index (χ1) is 7.75. The van der Waals surface area contributed by atoms with E-state index in [9.17, 15) is 4.79 Å². The molecule has 0 bridgehead atoms. The molecule has 0 saturated carbocycles. The highest BCUT2D eigenvalue weighted by Crippen LogP contribution is 2.15. The lowest BCUT2D eigenvalue weighted by Gasteiger charge is -2.14. The minimum absolute atomic E-state index is 0.150. The van der Waals surface area contributed by atoms with Crippen LogP contribution in [0.1, 0.15) is 26.7 Å². The third-order valence-corrected chi connectivity index (χ3v) is 2.97. The number of ether oxygens (including phenoxy) is 1. The molecule has 1 fully saturated rings. The summed E-state index contributed by atoms with van der Waals surface area (Å²) in [4.78, 5) is 11.8. The van der Waals surface area contributed by atoms with Gasteiger partial charge in [-0.25, -0.2) is 0 Å². The third kappa shape index (κ3) is 4.49. The first-order valence-electron chi connectivity index (χ1n) is 6.32. The normalized spacial score (nSPS) is 24.6. The van der Waals surface area contributed by atoms with Gasteiger partial charge in [-0.1, -0.05) is 13.8 Å². The number of rotatable bonds is 7. The van der Waals surface area contributed by atoms with E-state index in [1.54, 1.807) is 0 Å². The van der Waals surface area contributed by atoms with Gasteiger partial charge in [0.2, 0.25) is 5.91 Å². The van der Waals surface area contributed by atoms with Gasteiger partial charge >= 0.3 is 0 Å². The van der Waals surface area contributed by atoms with Crippen molar-refractivity contribution in [2.24, 2.45) is 11.8 Å². The van der Waals surface area contributed by atoms with E-state index in [2.05, 4.69) is 24.5 Å². The SMILES string of the molecule is CCCOCCCNC(=O)[C@@H]1CNC[C@H]1C. The van der Waals surface area contributed by atoms with Crippen molar-refractivity contribution < 1.29 is 9.53 Å². The predicted molar refractivity (Wildman–Crippen MR) is 64.3 cm³/mol. The minimum atomic E-state index is 0.150. The third-order valence-electron chi connectivity index (χ3n) is 2.97. The Morgan fingerprint density at radius 3 is 2.88 bits per heavy atom. The number of nitrogens with one attached hydrogen (secondary N) is 2. The monoisotopic (exact) mass is 228 g/mol. The maximum atomic E-state index is 11.8. The average Bonchev–Trinajstić information content (AvgIpc) is 2.69. The Balaban J connectivity index is 2.02. The van der Waals surface area contributed by atoms with Crippen LogP contribution in [0.4, 0.5) is 0 Å². The summed E-state index contributed by atoms with van der Waals surface area (Å²) in [5, 5.41) is 6.21. The van der Waals surface area contributed by atoms with Crippen molar-refractivity contribution in [2.45, 2.75) is 26.7 Å². The first-order valence-corrected chi connectivity index (χ1v) is 6.32. The molecule has 4 heteroatoms. The van der Waals surface area contributed by atoms with Crippen LogP contribution in [0.5, 0.6) is 0 Å². The molecule has 2 atom stereocenters. The maximum Gasteiger partial charge on any atom is 0.224 e. The molecule has 1 aliphatic heterocycles. The summed E-state index contributed by atoms with van der Waals surface area (Å²) in [6.45, 7) is 8.28. The largest absolute Gasteiger partial charge is 0.381 e. The second-order valence-electron chi connectivity index (χ2n) is 4.50. The van der Waals surface area contributed by atoms with E-state index < -0.39 is 0 Å². The van der Waals surface area contributed by atoms with E-state index in [0.29, 0.717) is 5.92 Å². The second kappa shape index (κ2) is 7.63. The average molecular weight is 228 g/mol. The van der Waals surface area contributed by atoms with E-state index in [4.69, 9.17) is 4.74 Å². The molecule has 1 rings (SSSR count). The van der Waals surface area contributed by atoms with Crippen LogP contribution in [0, 0.1) is 11.8 Å². The van der Waals surface area contributed by atoms with Crippen LogP contribution in [-0.2, 0) is 9.53 Å². The molecule has 4 nitrogen and oxygen atoms in total. The highest BCUT2D eigenvalue weighted by atomic mass is 16.5. The van der Waals surface area contributed by atoms with Crippen LogP contribution in [0.15, 0.2) is 0 Å². The zero-order chi connectivity index (χ0) is 11.8. The fourth-order valence-electron chi connectivity index (χ4n) is 1.92. The lowest BCUT2D eigenvalue weighted by atomic mass is 9.97. The summed E-state index contributed by atoms with van der Waals surface area (Å²) in [7, 11) is 0. The van der Waals surface area contributed by atoms with E-state index in [0.717, 1.165) is 45.7 Å². The Bertz CT molecular complexity index is 209. The van der Waals surface area contributed by atoms with Gasteiger partial charge in [0, 0.05) is 26.3 Å². The first kappa shape index (κ1) is 13.5. The second-order valence-corrected chi connectivity index (χ2v) is 4.50. The highest BCUT2D eigenvalue weighted by molar-refractivity contribution is 5.79. The quantitative estimate of drug-likeness (QED) is 0.633. The van der Waals surface area contributed by atoms with E-state index in [1.165, 1.54) is 0 Å². The van der Waals surface area contributed by atoms with Crippen LogP contribution >= 0.6 is 0 Å². The summed E-state index contributed by atoms with van der Waals surface area (Å²) < 4.78 is 5.35. The predicted octanol–water partition coefficient (Wildman–Crippen LogP) is 0.775. The highest BCUT2D eigenvalue weighted by Gasteiger charge is 2.28. The van der Waals surface area contributed by atoms with Crippen molar-refractivity contribution in [1.29, 1.82) is 0 Å². The molecule has 0 aromatic heterocycles. The minimum Gasteiger partial charge on any atom is -0.381 e. The molecule has 0 aromatic rings. The molecule has 0 aliphatic carbocycles. The Hall–Kier alpha value is -0.610. The summed E-state index contributed by atoms with van der Waals surface area (Å²) in [6.07, 6.45) is 1.96. The van der Waals surface area contributed by atoms with Gasteiger partial charge in [0.1, 0.15) is 0 Å². The number of hydrogen-bond acceptors (Lipinski definition) is 3. The molecule has 2 N–H and O–H groups in total. The van der Waals surface area contributed by atoms with Gasteiger partial charge in [0.25, 0.3) is 0 Å². The zero-order valence-corrected chi connectivity index (χ0v) is 10.4. The maximum absolute atomic E-state index is 11.8. The van der Waals surface area contributed by atoms with E-state index >= 15 is 0 Å². The van der Waals surface area contributed by atoms with Gasteiger partial charge in [0.05, 0.1) is 5.92 Å². The Morgan fingerprint density at radius 2 is 2.25 bits per heavy atom. The van der Waals surface area contributed by atoms with Crippen molar-refractivity contribution >= 4 is 5.91 Å². The topological polar surface area (TPSA) is 50.4 Å². The van der Waals surface area contributed by atoms with Gasteiger partial charge in [-0.05, 0) is 25.3 Å². The van der Waals surface area contributed by atoms with Crippen molar-refractivity contribution in [3.8, 4) is 0 Å². The van der Waals surface area contributed by atoms with Crippen molar-refractivity contribution in [2.75, 3.05) is 32.8 Å². The Labute approximate surface area is 98.1 Å². The van der Waals surface area contributed by atoms with Crippen LogP contribution in [0.25, 0.3) is 0 Å². The lowest BCUT2D eigenvalue weighted by molar-refractivity contribution is -0.125. The van der Waals surface area contributed by atoms with E-state index in [-0.39, 0.29) is 11.8 Å². The number of hydrogen-bond donors (Lipinski definition) is 2. The Morgan fingerprint density at radius 1 is 1.44 bits per heavy atom. The molecule has 1 heterocycles. The molecular weight excluding hydrogens is 204 g/mol. The van der Waals surface area contributed by atoms with Crippen LogP contribution < -0.4 is 10.6 Å². The molecule has 0 radical (unpaired) electrons. The summed E-state index contributed by atoms with van der Waals surface area (Å²) >= 11 is 0. The van der Waals surface area contributed by atoms with Gasteiger partial charge in [0.15, 0.2) is 0 Å². The van der Waals surface area contributed by atoms with Crippen molar-refractivity contribution in [3.05, 3.63) is 0 Å². The zero-order valence-electron chi connectivity index (χ0n) is 10.4.